The van der Waals surface area contributed by atoms with Gasteiger partial charge in [0, 0.05) is 13.1 Å². The molecule has 0 aliphatic carbocycles. The maximum Gasteiger partial charge on any atom is 0.245 e. The Morgan fingerprint density at radius 3 is 2.65 bits per heavy atom. The van der Waals surface area contributed by atoms with E-state index in [-0.39, 0.29) is 16.1 Å². The molecule has 0 saturated carbocycles. The summed E-state index contributed by atoms with van der Waals surface area (Å²) in [7, 11) is -3.64. The van der Waals surface area contributed by atoms with Crippen LogP contribution in [-0.2, 0) is 14.8 Å². The average Bonchev–Trinajstić information content (AvgIpc) is 2.56. The molecule has 1 fully saturated rings. The first-order valence-electron chi connectivity index (χ1n) is 6.86. The molecule has 0 atom stereocenters. The molecule has 3 rings (SSSR count). The number of hydrogen-bond donors (Lipinski definition) is 1. The molecule has 1 N–H and O–H groups in total. The van der Waals surface area contributed by atoms with Crippen LogP contribution in [0, 0.1) is 0 Å². The maximum atomic E-state index is 12.8. The number of nitrogens with one attached hydrogen (secondary N) is 1. The average molecular weight is 356 g/mol. The Labute approximate surface area is 138 Å². The van der Waals surface area contributed by atoms with E-state index < -0.39 is 10.0 Å². The third-order valence-corrected chi connectivity index (χ3v) is 5.40. The fourth-order valence-corrected chi connectivity index (χ4v) is 3.86. The van der Waals surface area contributed by atoms with Crippen LogP contribution in [-0.4, -0.2) is 54.0 Å². The Bertz CT molecular complexity index is 796. The van der Waals surface area contributed by atoms with Crippen molar-refractivity contribution in [1.82, 2.24) is 19.3 Å². The summed E-state index contributed by atoms with van der Waals surface area (Å²) in [4.78, 5) is 11.7. The molecule has 0 unspecified atom stereocenters. The smallest absolute Gasteiger partial charge is 0.245 e. The number of nitrogens with zero attached hydrogens (tertiary/aromatic N) is 4. The molecule has 8 nitrogen and oxygen atoms in total. The minimum Gasteiger partial charge on any atom is -0.379 e. The third kappa shape index (κ3) is 3.58. The zero-order valence-electron chi connectivity index (χ0n) is 12.0. The number of aromatic nitrogens is 3. The van der Waals surface area contributed by atoms with Gasteiger partial charge in [-0.2, -0.15) is 9.29 Å². The fourth-order valence-electron chi connectivity index (χ4n) is 2.18. The van der Waals surface area contributed by atoms with Crippen LogP contribution in [0.4, 0.5) is 11.6 Å². The highest BCUT2D eigenvalue weighted by Crippen LogP contribution is 2.26. The summed E-state index contributed by atoms with van der Waals surface area (Å²) in [6, 6.07) is 6.57. The lowest BCUT2D eigenvalue weighted by Gasteiger charge is -2.26. The van der Waals surface area contributed by atoms with Gasteiger partial charge in [0.25, 0.3) is 0 Å². The molecule has 122 valence electrons. The van der Waals surface area contributed by atoms with Crippen LogP contribution in [0.5, 0.6) is 0 Å². The van der Waals surface area contributed by atoms with Crippen LogP contribution in [0.3, 0.4) is 0 Å². The van der Waals surface area contributed by atoms with Crippen molar-refractivity contribution in [2.24, 2.45) is 0 Å². The van der Waals surface area contributed by atoms with E-state index in [9.17, 15) is 8.42 Å². The number of para-hydroxylation sites is 1. The normalized spacial score (nSPS) is 16.2. The van der Waals surface area contributed by atoms with Crippen molar-refractivity contribution in [3.63, 3.8) is 0 Å². The molecule has 2 heterocycles. The molecule has 0 amide bonds. The van der Waals surface area contributed by atoms with Crippen molar-refractivity contribution in [1.29, 1.82) is 0 Å². The molecule has 0 bridgehead atoms. The van der Waals surface area contributed by atoms with Crippen molar-refractivity contribution in [2.45, 2.75) is 4.90 Å². The van der Waals surface area contributed by atoms with Gasteiger partial charge in [-0.25, -0.2) is 18.4 Å². The van der Waals surface area contributed by atoms with Crippen LogP contribution < -0.4 is 5.32 Å². The van der Waals surface area contributed by atoms with E-state index in [1.165, 1.54) is 16.7 Å². The number of rotatable bonds is 4. The van der Waals surface area contributed by atoms with Gasteiger partial charge in [0.2, 0.25) is 21.3 Å². The van der Waals surface area contributed by atoms with E-state index in [4.69, 9.17) is 16.3 Å². The van der Waals surface area contributed by atoms with Gasteiger partial charge in [0.15, 0.2) is 0 Å². The number of ether oxygens (including phenoxy) is 1. The van der Waals surface area contributed by atoms with Crippen LogP contribution >= 0.6 is 11.6 Å². The molecule has 1 aliphatic rings. The maximum absolute atomic E-state index is 12.8. The van der Waals surface area contributed by atoms with Gasteiger partial charge >= 0.3 is 0 Å². The van der Waals surface area contributed by atoms with E-state index in [1.54, 1.807) is 18.2 Å². The number of sulfonamides is 1. The summed E-state index contributed by atoms with van der Waals surface area (Å²) in [5.74, 6) is 0.176. The third-order valence-electron chi connectivity index (χ3n) is 3.26. The lowest BCUT2D eigenvalue weighted by atomic mass is 10.3. The second-order valence-electron chi connectivity index (χ2n) is 4.72. The second kappa shape index (κ2) is 6.75. The standard InChI is InChI=1S/C13H14ClN5O3S/c14-12-15-9-16-13(18-12)17-10-3-1-2-4-11(10)23(20,21)19-5-7-22-8-6-19/h1-4,9H,5-8H2,(H,15,16,17,18). The van der Waals surface area contributed by atoms with Gasteiger partial charge in [-0.3, -0.25) is 0 Å². The SMILES string of the molecule is O=S(=O)(c1ccccc1Nc1ncnc(Cl)n1)N1CCOCC1. The Balaban J connectivity index is 1.94. The first-order chi connectivity index (χ1) is 11.1. The summed E-state index contributed by atoms with van der Waals surface area (Å²) >= 11 is 5.72. The molecule has 1 saturated heterocycles. The largest absolute Gasteiger partial charge is 0.379 e. The quantitative estimate of drug-likeness (QED) is 0.882. The molecule has 2 aromatic rings. The molecule has 1 aromatic carbocycles. The zero-order valence-corrected chi connectivity index (χ0v) is 13.6. The fraction of sp³-hybridized carbons (Fsp3) is 0.308. The Kier molecular flexibility index (Phi) is 4.71. The number of hydrogen-bond acceptors (Lipinski definition) is 7. The Morgan fingerprint density at radius 2 is 1.91 bits per heavy atom. The van der Waals surface area contributed by atoms with E-state index in [0.717, 1.165) is 0 Å². The molecule has 0 radical (unpaired) electrons. The number of morpholine rings is 1. The number of anilines is 2. The van der Waals surface area contributed by atoms with E-state index in [0.29, 0.717) is 32.0 Å². The van der Waals surface area contributed by atoms with E-state index in [2.05, 4.69) is 20.3 Å². The summed E-state index contributed by atoms with van der Waals surface area (Å²) < 4.78 is 32.2. The monoisotopic (exact) mass is 355 g/mol. The van der Waals surface area contributed by atoms with E-state index in [1.807, 2.05) is 0 Å². The molecular weight excluding hydrogens is 342 g/mol. The molecule has 0 spiro atoms. The second-order valence-corrected chi connectivity index (χ2v) is 6.96. The predicted octanol–water partition coefficient (Wildman–Crippen LogP) is 1.29. The molecule has 23 heavy (non-hydrogen) atoms. The molecular formula is C13H14ClN5O3S. The molecule has 1 aliphatic heterocycles. The van der Waals surface area contributed by atoms with Gasteiger partial charge in [-0.1, -0.05) is 12.1 Å². The van der Waals surface area contributed by atoms with Gasteiger partial charge in [-0.05, 0) is 23.7 Å². The van der Waals surface area contributed by atoms with Crippen LogP contribution in [0.2, 0.25) is 5.28 Å². The van der Waals surface area contributed by atoms with Crippen molar-refractivity contribution in [2.75, 3.05) is 31.6 Å². The van der Waals surface area contributed by atoms with Gasteiger partial charge < -0.3 is 10.1 Å². The molecule has 1 aromatic heterocycles. The highest BCUT2D eigenvalue weighted by atomic mass is 35.5. The molecule has 10 heteroatoms. The minimum absolute atomic E-state index is 0.0241. The van der Waals surface area contributed by atoms with Crippen molar-refractivity contribution in [3.8, 4) is 0 Å². The Hall–Kier alpha value is -1.81. The van der Waals surface area contributed by atoms with Gasteiger partial charge in [0.1, 0.15) is 11.2 Å². The lowest BCUT2D eigenvalue weighted by molar-refractivity contribution is 0.0730. The topological polar surface area (TPSA) is 97.3 Å². The zero-order chi connectivity index (χ0) is 16.3. The van der Waals surface area contributed by atoms with Crippen LogP contribution in [0.15, 0.2) is 35.5 Å². The lowest BCUT2D eigenvalue weighted by Crippen LogP contribution is -2.40. The Morgan fingerprint density at radius 1 is 1.17 bits per heavy atom. The van der Waals surface area contributed by atoms with Crippen LogP contribution in [0.1, 0.15) is 0 Å². The van der Waals surface area contributed by atoms with Gasteiger partial charge in [-0.15, -0.1) is 0 Å². The predicted molar refractivity (Wildman–Crippen MR) is 84.1 cm³/mol. The number of benzene rings is 1. The van der Waals surface area contributed by atoms with Crippen molar-refractivity contribution >= 4 is 33.3 Å². The highest BCUT2D eigenvalue weighted by molar-refractivity contribution is 7.89. The highest BCUT2D eigenvalue weighted by Gasteiger charge is 2.28. The van der Waals surface area contributed by atoms with Gasteiger partial charge in [0.05, 0.1) is 18.9 Å². The van der Waals surface area contributed by atoms with Crippen molar-refractivity contribution in [3.05, 3.63) is 35.9 Å². The summed E-state index contributed by atoms with van der Waals surface area (Å²) in [5.41, 5.74) is 0.376. The summed E-state index contributed by atoms with van der Waals surface area (Å²) in [6.07, 6.45) is 1.25. The number of halogens is 1. The van der Waals surface area contributed by atoms with E-state index >= 15 is 0 Å². The van der Waals surface area contributed by atoms with Crippen LogP contribution in [0.25, 0.3) is 0 Å². The minimum atomic E-state index is -3.64. The van der Waals surface area contributed by atoms with Crippen molar-refractivity contribution < 1.29 is 13.2 Å². The first kappa shape index (κ1) is 16.1. The first-order valence-corrected chi connectivity index (χ1v) is 8.68. The summed E-state index contributed by atoms with van der Waals surface area (Å²) in [5, 5.41) is 2.90. The summed E-state index contributed by atoms with van der Waals surface area (Å²) in [6.45, 7) is 1.43.